The van der Waals surface area contributed by atoms with Crippen LogP contribution in [-0.4, -0.2) is 42.4 Å². The maximum Gasteiger partial charge on any atom is 0.253 e. The highest BCUT2D eigenvalue weighted by Crippen LogP contribution is 2.22. The minimum atomic E-state index is -0.283. The van der Waals surface area contributed by atoms with E-state index in [9.17, 15) is 9.18 Å². The summed E-state index contributed by atoms with van der Waals surface area (Å²) in [7, 11) is 0. The number of amides is 1. The number of H-pyrrole nitrogens is 1. The first-order valence-corrected chi connectivity index (χ1v) is 8.54. The van der Waals surface area contributed by atoms with E-state index < -0.39 is 0 Å². The van der Waals surface area contributed by atoms with E-state index in [-0.39, 0.29) is 18.3 Å². The standard InChI is InChI=1S/C19H19FN4O2/c20-16-10-13(4-5-17(16)24-6-8-26-9-7-24)11-21-19(25)15-3-1-2-14-12-22-23-18(14)15/h1-5,10,12H,6-9,11H2,(H,21,25)(H,22,23). The number of nitrogens with one attached hydrogen (secondary N) is 2. The van der Waals surface area contributed by atoms with Crippen LogP contribution in [-0.2, 0) is 11.3 Å². The van der Waals surface area contributed by atoms with Crippen molar-refractivity contribution in [2.45, 2.75) is 6.54 Å². The second-order valence-electron chi connectivity index (χ2n) is 6.21. The zero-order valence-corrected chi connectivity index (χ0v) is 14.2. The Morgan fingerprint density at radius 2 is 2.12 bits per heavy atom. The van der Waals surface area contributed by atoms with Crippen LogP contribution in [0.3, 0.4) is 0 Å². The third-order valence-corrected chi connectivity index (χ3v) is 4.54. The van der Waals surface area contributed by atoms with Gasteiger partial charge in [0.05, 0.1) is 36.2 Å². The van der Waals surface area contributed by atoms with E-state index in [1.54, 1.807) is 18.3 Å². The van der Waals surface area contributed by atoms with Gasteiger partial charge in [-0.15, -0.1) is 0 Å². The van der Waals surface area contributed by atoms with Crippen molar-refractivity contribution in [3.05, 3.63) is 59.5 Å². The van der Waals surface area contributed by atoms with Gasteiger partial charge in [0.15, 0.2) is 0 Å². The maximum atomic E-state index is 14.4. The number of anilines is 1. The molecule has 0 radical (unpaired) electrons. The van der Waals surface area contributed by atoms with Crippen LogP contribution in [0.2, 0.25) is 0 Å². The fourth-order valence-electron chi connectivity index (χ4n) is 3.16. The molecule has 6 nitrogen and oxygen atoms in total. The lowest BCUT2D eigenvalue weighted by molar-refractivity contribution is 0.0952. The van der Waals surface area contributed by atoms with Crippen molar-refractivity contribution in [2.75, 3.05) is 31.2 Å². The van der Waals surface area contributed by atoms with Gasteiger partial charge in [-0.1, -0.05) is 18.2 Å². The van der Waals surface area contributed by atoms with Crippen molar-refractivity contribution in [3.8, 4) is 0 Å². The van der Waals surface area contributed by atoms with Gasteiger partial charge >= 0.3 is 0 Å². The Morgan fingerprint density at radius 3 is 2.92 bits per heavy atom. The largest absolute Gasteiger partial charge is 0.378 e. The monoisotopic (exact) mass is 354 g/mol. The predicted molar refractivity (Wildman–Crippen MR) is 96.7 cm³/mol. The van der Waals surface area contributed by atoms with E-state index in [0.717, 1.165) is 5.39 Å². The number of fused-ring (bicyclic) bond motifs is 1. The number of aromatic nitrogens is 2. The van der Waals surface area contributed by atoms with Gasteiger partial charge in [-0.2, -0.15) is 5.10 Å². The highest BCUT2D eigenvalue weighted by atomic mass is 19.1. The minimum Gasteiger partial charge on any atom is -0.378 e. The van der Waals surface area contributed by atoms with E-state index in [1.165, 1.54) is 6.07 Å². The van der Waals surface area contributed by atoms with E-state index in [4.69, 9.17) is 4.74 Å². The highest BCUT2D eigenvalue weighted by molar-refractivity contribution is 6.05. The molecule has 2 heterocycles. The zero-order valence-electron chi connectivity index (χ0n) is 14.2. The van der Waals surface area contributed by atoms with Crippen LogP contribution >= 0.6 is 0 Å². The third kappa shape index (κ3) is 3.25. The van der Waals surface area contributed by atoms with Gasteiger partial charge in [0, 0.05) is 25.0 Å². The van der Waals surface area contributed by atoms with Crippen molar-refractivity contribution in [3.63, 3.8) is 0 Å². The number of ether oxygens (including phenoxy) is 1. The fraction of sp³-hybridized carbons (Fsp3) is 0.263. The molecule has 1 fully saturated rings. The Bertz CT molecular complexity index is 934. The summed E-state index contributed by atoms with van der Waals surface area (Å²) in [6.45, 7) is 2.83. The van der Waals surface area contributed by atoms with Gasteiger partial charge in [0.1, 0.15) is 5.82 Å². The number of para-hydroxylation sites is 1. The Morgan fingerprint density at radius 1 is 1.27 bits per heavy atom. The number of carbonyl (C=O) groups excluding carboxylic acids is 1. The van der Waals surface area contributed by atoms with Crippen LogP contribution in [0.4, 0.5) is 10.1 Å². The molecule has 4 rings (SSSR count). The summed E-state index contributed by atoms with van der Waals surface area (Å²) in [6, 6.07) is 10.5. The van der Waals surface area contributed by atoms with Crippen molar-refractivity contribution < 1.29 is 13.9 Å². The van der Waals surface area contributed by atoms with Gasteiger partial charge in [-0.3, -0.25) is 9.89 Å². The fourth-order valence-corrected chi connectivity index (χ4v) is 3.16. The Hall–Kier alpha value is -2.93. The van der Waals surface area contributed by atoms with Gasteiger partial charge in [0.25, 0.3) is 5.91 Å². The lowest BCUT2D eigenvalue weighted by Gasteiger charge is -2.29. The molecular weight excluding hydrogens is 335 g/mol. The van der Waals surface area contributed by atoms with E-state index in [0.29, 0.717) is 48.6 Å². The molecule has 0 atom stereocenters. The summed E-state index contributed by atoms with van der Waals surface area (Å²) >= 11 is 0. The normalized spacial score (nSPS) is 14.6. The molecule has 0 bridgehead atoms. The number of morpholine rings is 1. The summed E-state index contributed by atoms with van der Waals surface area (Å²) in [4.78, 5) is 14.4. The average molecular weight is 354 g/mol. The molecule has 2 N–H and O–H groups in total. The lowest BCUT2D eigenvalue weighted by atomic mass is 10.1. The molecule has 2 aromatic carbocycles. The number of aromatic amines is 1. The number of nitrogens with zero attached hydrogens (tertiary/aromatic N) is 2. The van der Waals surface area contributed by atoms with Gasteiger partial charge in [-0.25, -0.2) is 4.39 Å². The second kappa shape index (κ2) is 7.13. The predicted octanol–water partition coefficient (Wildman–Crippen LogP) is 2.47. The van der Waals surface area contributed by atoms with Crippen molar-refractivity contribution in [1.29, 1.82) is 0 Å². The molecule has 0 spiro atoms. The van der Waals surface area contributed by atoms with Crippen LogP contribution in [0, 0.1) is 5.82 Å². The van der Waals surface area contributed by atoms with Gasteiger partial charge in [-0.05, 0) is 23.8 Å². The van der Waals surface area contributed by atoms with Gasteiger partial charge in [0.2, 0.25) is 0 Å². The molecule has 26 heavy (non-hydrogen) atoms. The van der Waals surface area contributed by atoms with E-state index in [2.05, 4.69) is 15.5 Å². The van der Waals surface area contributed by atoms with Crippen LogP contribution in [0.15, 0.2) is 42.6 Å². The smallest absolute Gasteiger partial charge is 0.253 e. The topological polar surface area (TPSA) is 70.2 Å². The molecule has 1 amide bonds. The molecule has 0 aliphatic carbocycles. The molecule has 7 heteroatoms. The summed E-state index contributed by atoms with van der Waals surface area (Å²) in [5.41, 5.74) is 2.50. The number of carbonyl (C=O) groups is 1. The highest BCUT2D eigenvalue weighted by Gasteiger charge is 2.16. The third-order valence-electron chi connectivity index (χ3n) is 4.54. The Kier molecular flexibility index (Phi) is 4.53. The molecule has 3 aromatic rings. The van der Waals surface area contributed by atoms with E-state index in [1.807, 2.05) is 23.1 Å². The molecule has 0 unspecified atom stereocenters. The first kappa shape index (κ1) is 16.5. The summed E-state index contributed by atoms with van der Waals surface area (Å²) < 4.78 is 19.7. The minimum absolute atomic E-state index is 0.225. The molecule has 1 aromatic heterocycles. The van der Waals surface area contributed by atoms with Crippen LogP contribution < -0.4 is 10.2 Å². The number of hydrogen-bond acceptors (Lipinski definition) is 4. The lowest BCUT2D eigenvalue weighted by Crippen LogP contribution is -2.36. The zero-order chi connectivity index (χ0) is 17.9. The Balaban J connectivity index is 1.45. The van der Waals surface area contributed by atoms with Crippen LogP contribution in [0.25, 0.3) is 10.9 Å². The number of benzene rings is 2. The Labute approximate surface area is 150 Å². The second-order valence-corrected chi connectivity index (χ2v) is 6.21. The summed E-state index contributed by atoms with van der Waals surface area (Å²) in [5.74, 6) is -0.508. The number of rotatable bonds is 4. The molecule has 1 saturated heterocycles. The van der Waals surface area contributed by atoms with Crippen LogP contribution in [0.5, 0.6) is 0 Å². The van der Waals surface area contributed by atoms with Crippen molar-refractivity contribution >= 4 is 22.5 Å². The molecule has 1 aliphatic rings. The SMILES string of the molecule is O=C(NCc1ccc(N2CCOCC2)c(F)c1)c1cccc2cn[nH]c12. The molecule has 134 valence electrons. The number of halogens is 1. The summed E-state index contributed by atoms with van der Waals surface area (Å²) in [6.07, 6.45) is 1.67. The maximum absolute atomic E-state index is 14.4. The summed E-state index contributed by atoms with van der Waals surface area (Å²) in [5, 5.41) is 10.5. The molecular formula is C19H19FN4O2. The van der Waals surface area contributed by atoms with Crippen molar-refractivity contribution in [2.24, 2.45) is 0 Å². The average Bonchev–Trinajstić information content (AvgIpc) is 3.15. The molecule has 1 aliphatic heterocycles. The van der Waals surface area contributed by atoms with E-state index >= 15 is 0 Å². The first-order valence-electron chi connectivity index (χ1n) is 8.54. The van der Waals surface area contributed by atoms with Gasteiger partial charge < -0.3 is 15.0 Å². The van der Waals surface area contributed by atoms with Crippen LogP contribution in [0.1, 0.15) is 15.9 Å². The first-order chi connectivity index (χ1) is 12.7. The number of hydrogen-bond donors (Lipinski definition) is 2. The van der Waals surface area contributed by atoms with Crippen molar-refractivity contribution in [1.82, 2.24) is 15.5 Å². The molecule has 0 saturated carbocycles. The quantitative estimate of drug-likeness (QED) is 0.755.